The third-order valence-corrected chi connectivity index (χ3v) is 4.89. The first-order chi connectivity index (χ1) is 5.97. The van der Waals surface area contributed by atoms with Crippen LogP contribution in [-0.4, -0.2) is 51.4 Å². The average Bonchev–Trinajstić information content (AvgIpc) is 2.26. The van der Waals surface area contributed by atoms with Gasteiger partial charge in [-0.2, -0.15) is 0 Å². The summed E-state index contributed by atoms with van der Waals surface area (Å²) in [7, 11) is -6.17. The number of hydrogen-bond acceptors (Lipinski definition) is 6. The van der Waals surface area contributed by atoms with E-state index in [1.807, 2.05) is 0 Å². The molecule has 0 unspecified atom stereocenters. The van der Waals surface area contributed by atoms with Gasteiger partial charge in [0.1, 0.15) is 0 Å². The van der Waals surface area contributed by atoms with Crippen LogP contribution >= 0.6 is 0 Å². The zero-order chi connectivity index (χ0) is 10.7. The van der Waals surface area contributed by atoms with Gasteiger partial charge < -0.3 is 0 Å². The van der Waals surface area contributed by atoms with Gasteiger partial charge in [0.15, 0.2) is 0 Å². The van der Waals surface area contributed by atoms with Crippen LogP contribution in [0.4, 0.5) is 0 Å². The Morgan fingerprint density at radius 3 is 0.667 bits per heavy atom. The predicted octanol–water partition coefficient (Wildman–Crippen LogP) is -0.553. The van der Waals surface area contributed by atoms with Crippen LogP contribution < -0.4 is 0 Å². The minimum Gasteiger partial charge on any atom is 0 e. The van der Waals surface area contributed by atoms with Crippen LogP contribution in [0.15, 0.2) is 0 Å². The second kappa shape index (κ2) is 5.17. The second-order valence-electron chi connectivity index (χ2n) is 1.80. The van der Waals surface area contributed by atoms with Gasteiger partial charge in [-0.1, -0.05) is 0 Å². The van der Waals surface area contributed by atoms with E-state index >= 15 is 0 Å². The smallest absolute Gasteiger partial charge is 0 e. The van der Waals surface area contributed by atoms with Crippen molar-refractivity contribution < 1.29 is 30.2 Å². The minimum absolute atomic E-state index is 0. The van der Waals surface area contributed by atoms with Crippen LogP contribution in [0.25, 0.3) is 0 Å². The molecule has 9 heteroatoms. The minimum atomic E-state index is -6.17. The maximum atomic E-state index is 8.58. The van der Waals surface area contributed by atoms with Crippen molar-refractivity contribution in [3.05, 3.63) is 0 Å². The summed E-state index contributed by atoms with van der Waals surface area (Å²) in [5.41, 5.74) is 0. The molecular formula is C6HFeKN6Zn. The summed E-state index contributed by atoms with van der Waals surface area (Å²) in [6.45, 7) is 0. The van der Waals surface area contributed by atoms with Gasteiger partial charge in [0, 0.05) is 19.5 Å². The van der Waals surface area contributed by atoms with Crippen molar-refractivity contribution in [2.45, 2.75) is 0 Å². The van der Waals surface area contributed by atoms with Crippen molar-refractivity contribution in [3.63, 3.8) is 0 Å². The largest absolute Gasteiger partial charge is 0 e. The van der Waals surface area contributed by atoms with Crippen molar-refractivity contribution in [2.75, 3.05) is 0 Å². The first kappa shape index (κ1) is 20.2. The molecule has 0 aliphatic rings. The second-order valence-corrected chi connectivity index (χ2v) is 7.42. The van der Waals surface area contributed by atoms with E-state index in [1.54, 1.807) is 0 Å². The predicted molar refractivity (Wildman–Crippen MR) is 40.8 cm³/mol. The van der Waals surface area contributed by atoms with Gasteiger partial charge in [-0.25, -0.2) is 0 Å². The SMILES string of the molecule is N#[C][Fe]([C]#N)([C]#N)([C]#N)([C]#N)[C]#N.[KH].[Zn]. The monoisotopic (exact) mass is 316 g/mol. The first-order valence-electron chi connectivity index (χ1n) is 2.40. The van der Waals surface area contributed by atoms with Crippen molar-refractivity contribution in [3.8, 4) is 29.8 Å². The van der Waals surface area contributed by atoms with E-state index < -0.39 is 10.7 Å². The molecule has 0 radical (unpaired) electrons. The quantitative estimate of drug-likeness (QED) is 0.548. The molecule has 0 N–H and O–H groups in total. The van der Waals surface area contributed by atoms with Gasteiger partial charge in [0.25, 0.3) is 0 Å². The molecule has 6 nitrogen and oxygen atoms in total. The molecule has 0 spiro atoms. The number of nitrogens with zero attached hydrogens (tertiary/aromatic N) is 6. The zero-order valence-electron chi connectivity index (χ0n) is 6.74. The molecule has 15 heavy (non-hydrogen) atoms. The molecule has 0 aliphatic heterocycles. The summed E-state index contributed by atoms with van der Waals surface area (Å²) in [5.74, 6) is 0. The third kappa shape index (κ3) is 2.13. The Bertz CT molecular complexity index is 397. The Morgan fingerprint density at radius 2 is 0.667 bits per heavy atom. The summed E-state index contributed by atoms with van der Waals surface area (Å²) in [6.07, 6.45) is 0. The van der Waals surface area contributed by atoms with Crippen LogP contribution in [0, 0.1) is 61.4 Å². The Balaban J connectivity index is -0.000000720. The van der Waals surface area contributed by atoms with E-state index in [0.29, 0.717) is 0 Å². The van der Waals surface area contributed by atoms with Crippen molar-refractivity contribution >= 4 is 51.4 Å². The van der Waals surface area contributed by atoms with Gasteiger partial charge >= 0.3 is 123 Å². The van der Waals surface area contributed by atoms with Gasteiger partial charge in [-0.15, -0.1) is 0 Å². The fourth-order valence-corrected chi connectivity index (χ4v) is 1.09. The van der Waals surface area contributed by atoms with Crippen molar-refractivity contribution in [1.82, 2.24) is 0 Å². The molecule has 0 aliphatic carbocycles. The number of hydrogen-bond donors (Lipinski definition) is 0. The molecule has 0 bridgehead atoms. The van der Waals surface area contributed by atoms with E-state index in [2.05, 4.69) is 0 Å². The number of nitriles is 6. The van der Waals surface area contributed by atoms with Crippen LogP contribution in [0.3, 0.4) is 0 Å². The summed E-state index contributed by atoms with van der Waals surface area (Å²) in [5, 5.41) is 51.5. The van der Waals surface area contributed by atoms with E-state index in [0.717, 1.165) is 29.8 Å². The van der Waals surface area contributed by atoms with Gasteiger partial charge in [-0.3, -0.25) is 0 Å². The van der Waals surface area contributed by atoms with E-state index in [9.17, 15) is 0 Å². The summed E-state index contributed by atoms with van der Waals surface area (Å²) in [4.78, 5) is 6.19. The van der Waals surface area contributed by atoms with E-state index in [-0.39, 0.29) is 70.9 Å². The normalized spacial score (nSPS) is 11.6. The standard InChI is InChI=1S/6CN.Fe.K.Zn.H/c6*1-2;;;;. The third-order valence-electron chi connectivity index (χ3n) is 1.19. The molecule has 0 heterocycles. The molecule has 0 aromatic carbocycles. The molecule has 0 aromatic rings. The molecule has 0 saturated carbocycles. The Morgan fingerprint density at radius 1 is 0.533 bits per heavy atom. The maximum absolute atomic E-state index is 8.58. The molecule has 0 aromatic heterocycles. The Labute approximate surface area is 140 Å². The molecule has 0 rings (SSSR count). The van der Waals surface area contributed by atoms with Crippen LogP contribution in [0.2, 0.25) is 0 Å². The number of rotatable bonds is 0. The summed E-state index contributed by atoms with van der Waals surface area (Å²) in [6, 6.07) is 0. The zero-order valence-corrected chi connectivity index (χ0v) is 10.8. The van der Waals surface area contributed by atoms with E-state index in [4.69, 9.17) is 31.6 Å². The molecule has 0 fully saturated rings. The van der Waals surface area contributed by atoms with Crippen molar-refractivity contribution in [1.29, 1.82) is 31.6 Å². The average molecular weight is 317 g/mol. The fourth-order valence-electron chi connectivity index (χ4n) is 0.265. The van der Waals surface area contributed by atoms with Gasteiger partial charge in [0.2, 0.25) is 0 Å². The van der Waals surface area contributed by atoms with Gasteiger partial charge in [-0.05, 0) is 0 Å². The Kier molecular flexibility index (Phi) is 6.95. The van der Waals surface area contributed by atoms with Crippen LogP contribution in [0.5, 0.6) is 0 Å². The van der Waals surface area contributed by atoms with Crippen LogP contribution in [0.1, 0.15) is 0 Å². The summed E-state index contributed by atoms with van der Waals surface area (Å²) < 4.78 is 0. The fraction of sp³-hybridized carbons (Fsp3) is 0. The van der Waals surface area contributed by atoms with E-state index in [1.165, 1.54) is 0 Å². The maximum Gasteiger partial charge on any atom is 0 e. The molecule has 0 saturated heterocycles. The molecule has 66 valence electrons. The summed E-state index contributed by atoms with van der Waals surface area (Å²) >= 11 is 0. The molecular weight excluding hydrogens is 316 g/mol. The Hall–Kier alpha value is -0.281. The van der Waals surface area contributed by atoms with Crippen LogP contribution in [-0.2, 0) is 30.2 Å². The van der Waals surface area contributed by atoms with Gasteiger partial charge in [0.05, 0.1) is 0 Å². The first-order valence-corrected chi connectivity index (χ1v) is 5.71. The molecule has 0 amide bonds. The molecule has 0 atom stereocenters. The van der Waals surface area contributed by atoms with Crippen molar-refractivity contribution in [2.24, 2.45) is 0 Å². The topological polar surface area (TPSA) is 143 Å².